The molecule has 0 atom stereocenters. The van der Waals surface area contributed by atoms with Crippen LogP contribution in [0.2, 0.25) is 0 Å². The van der Waals surface area contributed by atoms with Crippen molar-refractivity contribution >= 4 is 11.6 Å². The Balaban J connectivity index is 1.59. The van der Waals surface area contributed by atoms with Crippen LogP contribution in [0.15, 0.2) is 79.4 Å². The highest BCUT2D eigenvalue weighted by atomic mass is 16.1. The van der Waals surface area contributed by atoms with Gasteiger partial charge in [0.05, 0.1) is 29.7 Å². The first-order chi connectivity index (χ1) is 14.1. The van der Waals surface area contributed by atoms with Crippen molar-refractivity contribution in [1.29, 1.82) is 0 Å². The Morgan fingerprint density at radius 1 is 0.862 bits per heavy atom. The topological polar surface area (TPSA) is 72.7 Å². The maximum atomic E-state index is 13.1. The molecule has 0 saturated carbocycles. The van der Waals surface area contributed by atoms with E-state index in [-0.39, 0.29) is 5.91 Å². The first-order valence-electron chi connectivity index (χ1n) is 9.37. The summed E-state index contributed by atoms with van der Waals surface area (Å²) in [6, 6.07) is 19.5. The van der Waals surface area contributed by atoms with Gasteiger partial charge >= 0.3 is 0 Å². The van der Waals surface area contributed by atoms with Gasteiger partial charge in [0.15, 0.2) is 0 Å². The van der Waals surface area contributed by atoms with Gasteiger partial charge in [0.2, 0.25) is 11.9 Å². The average Bonchev–Trinajstić information content (AvgIpc) is 3.09. The SMILES string of the molecule is Cc1ncn(-c2ncc(NC(=O)C(c3ccccc3)c3ccccc3)cn2)c1C. The molecule has 0 aliphatic carbocycles. The fourth-order valence-electron chi connectivity index (χ4n) is 3.21. The summed E-state index contributed by atoms with van der Waals surface area (Å²) in [6.45, 7) is 3.90. The summed E-state index contributed by atoms with van der Waals surface area (Å²) >= 11 is 0. The molecule has 2 aromatic heterocycles. The maximum Gasteiger partial charge on any atom is 0.236 e. The summed E-state index contributed by atoms with van der Waals surface area (Å²) in [4.78, 5) is 26.2. The smallest absolute Gasteiger partial charge is 0.236 e. The van der Waals surface area contributed by atoms with E-state index in [4.69, 9.17) is 0 Å². The number of nitrogens with zero attached hydrogens (tertiary/aromatic N) is 4. The first kappa shape index (κ1) is 18.6. The molecule has 0 aliphatic heterocycles. The third kappa shape index (κ3) is 3.91. The van der Waals surface area contributed by atoms with Gasteiger partial charge < -0.3 is 5.32 Å². The monoisotopic (exact) mass is 383 g/mol. The third-order valence-corrected chi connectivity index (χ3v) is 4.90. The molecule has 0 bridgehead atoms. The lowest BCUT2D eigenvalue weighted by atomic mass is 9.90. The quantitative estimate of drug-likeness (QED) is 0.564. The lowest BCUT2D eigenvalue weighted by molar-refractivity contribution is -0.116. The minimum atomic E-state index is -0.421. The molecule has 0 aliphatic rings. The highest BCUT2D eigenvalue weighted by Crippen LogP contribution is 2.26. The predicted molar refractivity (Wildman–Crippen MR) is 112 cm³/mol. The van der Waals surface area contributed by atoms with Gasteiger partial charge in [0.25, 0.3) is 0 Å². The third-order valence-electron chi connectivity index (χ3n) is 4.90. The fourth-order valence-corrected chi connectivity index (χ4v) is 3.21. The summed E-state index contributed by atoms with van der Waals surface area (Å²) in [6.07, 6.45) is 4.92. The van der Waals surface area contributed by atoms with E-state index in [1.165, 1.54) is 0 Å². The summed E-state index contributed by atoms with van der Waals surface area (Å²) in [5, 5.41) is 2.95. The Morgan fingerprint density at radius 3 is 1.90 bits per heavy atom. The Kier molecular flexibility index (Phi) is 5.16. The molecular weight excluding hydrogens is 362 g/mol. The molecule has 2 heterocycles. The van der Waals surface area contributed by atoms with E-state index in [0.29, 0.717) is 11.6 Å². The van der Waals surface area contributed by atoms with Crippen LogP contribution < -0.4 is 5.32 Å². The second kappa shape index (κ2) is 8.06. The molecule has 2 aromatic carbocycles. The molecule has 1 N–H and O–H groups in total. The molecule has 0 unspecified atom stereocenters. The second-order valence-electron chi connectivity index (χ2n) is 6.80. The van der Waals surface area contributed by atoms with Crippen molar-refractivity contribution in [2.24, 2.45) is 0 Å². The first-order valence-corrected chi connectivity index (χ1v) is 9.37. The maximum absolute atomic E-state index is 13.1. The molecule has 1 amide bonds. The zero-order valence-corrected chi connectivity index (χ0v) is 16.3. The van der Waals surface area contributed by atoms with Gasteiger partial charge in [-0.05, 0) is 25.0 Å². The largest absolute Gasteiger partial charge is 0.323 e. The van der Waals surface area contributed by atoms with Crippen molar-refractivity contribution in [3.8, 4) is 5.95 Å². The highest BCUT2D eigenvalue weighted by Gasteiger charge is 2.22. The van der Waals surface area contributed by atoms with Crippen LogP contribution in [0, 0.1) is 13.8 Å². The Labute approximate surface area is 169 Å². The molecule has 6 heteroatoms. The average molecular weight is 383 g/mol. The van der Waals surface area contributed by atoms with Gasteiger partial charge in [-0.25, -0.2) is 15.0 Å². The van der Waals surface area contributed by atoms with Crippen molar-refractivity contribution in [3.63, 3.8) is 0 Å². The molecule has 144 valence electrons. The number of aryl methyl sites for hydroxylation is 1. The highest BCUT2D eigenvalue weighted by molar-refractivity contribution is 5.97. The lowest BCUT2D eigenvalue weighted by Gasteiger charge is -2.17. The van der Waals surface area contributed by atoms with Crippen LogP contribution in [0.1, 0.15) is 28.4 Å². The molecule has 0 saturated heterocycles. The van der Waals surface area contributed by atoms with Crippen molar-refractivity contribution in [3.05, 3.63) is 102 Å². The number of carbonyl (C=O) groups excluding carboxylic acids is 1. The second-order valence-corrected chi connectivity index (χ2v) is 6.80. The summed E-state index contributed by atoms with van der Waals surface area (Å²) in [5.74, 6) is -0.0345. The van der Waals surface area contributed by atoms with E-state index in [1.54, 1.807) is 18.7 Å². The van der Waals surface area contributed by atoms with E-state index >= 15 is 0 Å². The summed E-state index contributed by atoms with van der Waals surface area (Å²) in [5.41, 5.74) is 4.32. The number of nitrogens with one attached hydrogen (secondary N) is 1. The number of imidazole rings is 1. The van der Waals surface area contributed by atoms with E-state index in [1.807, 2.05) is 79.1 Å². The van der Waals surface area contributed by atoms with E-state index in [2.05, 4.69) is 20.3 Å². The number of carbonyl (C=O) groups is 1. The van der Waals surface area contributed by atoms with Crippen molar-refractivity contribution in [2.45, 2.75) is 19.8 Å². The number of aromatic nitrogens is 4. The zero-order chi connectivity index (χ0) is 20.2. The van der Waals surface area contributed by atoms with Crippen LogP contribution in [-0.4, -0.2) is 25.4 Å². The van der Waals surface area contributed by atoms with E-state index in [0.717, 1.165) is 22.5 Å². The van der Waals surface area contributed by atoms with Crippen LogP contribution in [0.25, 0.3) is 5.95 Å². The van der Waals surface area contributed by atoms with E-state index in [9.17, 15) is 4.79 Å². The van der Waals surface area contributed by atoms with Gasteiger partial charge in [0.1, 0.15) is 6.33 Å². The number of hydrogen-bond acceptors (Lipinski definition) is 4. The molecule has 4 aromatic rings. The minimum absolute atomic E-state index is 0.131. The molecule has 6 nitrogen and oxygen atoms in total. The number of hydrogen-bond donors (Lipinski definition) is 1. The Bertz CT molecular complexity index is 1070. The van der Waals surface area contributed by atoms with Gasteiger partial charge in [-0.15, -0.1) is 0 Å². The number of rotatable bonds is 5. The Morgan fingerprint density at radius 2 is 1.41 bits per heavy atom. The number of anilines is 1. The van der Waals surface area contributed by atoms with Crippen LogP contribution >= 0.6 is 0 Å². The van der Waals surface area contributed by atoms with Crippen LogP contribution in [0.5, 0.6) is 0 Å². The predicted octanol–water partition coefficient (Wildman–Crippen LogP) is 4.05. The normalized spacial score (nSPS) is 10.9. The molecule has 29 heavy (non-hydrogen) atoms. The summed E-state index contributed by atoms with van der Waals surface area (Å²) in [7, 11) is 0. The standard InChI is InChI=1S/C23H21N5O/c1-16-17(2)28(15-26-16)23-24-13-20(14-25-23)27-22(29)21(18-9-5-3-6-10-18)19-11-7-4-8-12-19/h3-15,21H,1-2H3,(H,27,29). The number of amides is 1. The lowest BCUT2D eigenvalue weighted by Crippen LogP contribution is -2.22. The van der Waals surface area contributed by atoms with Gasteiger partial charge in [-0.2, -0.15) is 0 Å². The van der Waals surface area contributed by atoms with Gasteiger partial charge in [0, 0.05) is 5.69 Å². The molecule has 0 radical (unpaired) electrons. The van der Waals surface area contributed by atoms with Crippen molar-refractivity contribution < 1.29 is 4.79 Å². The van der Waals surface area contributed by atoms with E-state index < -0.39 is 5.92 Å². The zero-order valence-electron chi connectivity index (χ0n) is 16.3. The van der Waals surface area contributed by atoms with Crippen LogP contribution in [-0.2, 0) is 4.79 Å². The van der Waals surface area contributed by atoms with Gasteiger partial charge in [-0.3, -0.25) is 9.36 Å². The Hall–Kier alpha value is -3.80. The number of benzene rings is 2. The van der Waals surface area contributed by atoms with Crippen molar-refractivity contribution in [2.75, 3.05) is 5.32 Å². The molecule has 0 spiro atoms. The summed E-state index contributed by atoms with van der Waals surface area (Å²) < 4.78 is 1.82. The van der Waals surface area contributed by atoms with Crippen LogP contribution in [0.4, 0.5) is 5.69 Å². The van der Waals surface area contributed by atoms with Crippen LogP contribution in [0.3, 0.4) is 0 Å². The molecule has 0 fully saturated rings. The molecular formula is C23H21N5O. The van der Waals surface area contributed by atoms with Gasteiger partial charge in [-0.1, -0.05) is 60.7 Å². The fraction of sp³-hybridized carbons (Fsp3) is 0.130. The minimum Gasteiger partial charge on any atom is -0.323 e. The van der Waals surface area contributed by atoms with Crippen molar-refractivity contribution in [1.82, 2.24) is 19.5 Å². The molecule has 4 rings (SSSR count).